The smallest absolute Gasteiger partial charge is 0.306 e. The van der Waals surface area contributed by atoms with Crippen LogP contribution in [0, 0.1) is 0 Å². The molecule has 0 aliphatic heterocycles. The van der Waals surface area contributed by atoms with E-state index < -0.39 is 6.10 Å². The molecule has 0 aliphatic rings. The fourth-order valence-electron chi connectivity index (χ4n) is 5.60. The summed E-state index contributed by atoms with van der Waals surface area (Å²) in [4.78, 5) is 37.7. The summed E-state index contributed by atoms with van der Waals surface area (Å²) in [5.74, 6) is -0.983. The van der Waals surface area contributed by atoms with Gasteiger partial charge >= 0.3 is 17.9 Å². The Morgan fingerprint density at radius 2 is 0.786 bits per heavy atom. The van der Waals surface area contributed by atoms with Crippen LogP contribution >= 0.6 is 0 Å². The molecule has 0 fully saturated rings. The summed E-state index contributed by atoms with van der Waals surface area (Å²) in [5, 5.41) is 0. The highest BCUT2D eigenvalue weighted by Gasteiger charge is 2.19. The molecular weight excluding hydrogens is 697 g/mol. The van der Waals surface area contributed by atoms with Gasteiger partial charge < -0.3 is 14.2 Å². The molecule has 6 nitrogen and oxygen atoms in total. The van der Waals surface area contributed by atoms with Gasteiger partial charge in [0.2, 0.25) is 0 Å². The molecule has 0 spiro atoms. The van der Waals surface area contributed by atoms with E-state index in [1.165, 1.54) is 25.7 Å². The molecule has 56 heavy (non-hydrogen) atoms. The van der Waals surface area contributed by atoms with Crippen molar-refractivity contribution in [1.29, 1.82) is 0 Å². The summed E-state index contributed by atoms with van der Waals surface area (Å²) < 4.78 is 16.6. The molecule has 0 heterocycles. The van der Waals surface area contributed by atoms with Crippen molar-refractivity contribution in [2.75, 3.05) is 13.2 Å². The Hall–Kier alpha value is -3.67. The summed E-state index contributed by atoms with van der Waals surface area (Å²) in [6.45, 7) is 6.25. The third-order valence-electron chi connectivity index (χ3n) is 8.93. The molecule has 0 bridgehead atoms. The van der Waals surface area contributed by atoms with E-state index in [1.54, 1.807) is 0 Å². The maximum absolute atomic E-state index is 12.7. The van der Waals surface area contributed by atoms with Gasteiger partial charge in [-0.15, -0.1) is 0 Å². The zero-order valence-electron chi connectivity index (χ0n) is 35.9. The van der Waals surface area contributed by atoms with Crippen molar-refractivity contribution < 1.29 is 28.6 Å². The van der Waals surface area contributed by atoms with Crippen molar-refractivity contribution in [1.82, 2.24) is 0 Å². The van der Waals surface area contributed by atoms with Crippen molar-refractivity contribution in [3.05, 3.63) is 97.2 Å². The first kappa shape index (κ1) is 52.3. The molecule has 0 saturated carbocycles. The van der Waals surface area contributed by atoms with Gasteiger partial charge in [0.15, 0.2) is 6.10 Å². The van der Waals surface area contributed by atoms with Crippen LogP contribution in [-0.4, -0.2) is 37.2 Å². The molecule has 316 valence electrons. The van der Waals surface area contributed by atoms with E-state index in [-0.39, 0.29) is 31.1 Å². The predicted molar refractivity (Wildman–Crippen MR) is 237 cm³/mol. The van der Waals surface area contributed by atoms with Crippen LogP contribution < -0.4 is 0 Å². The lowest BCUT2D eigenvalue weighted by molar-refractivity contribution is -0.167. The molecule has 0 saturated heterocycles. The fraction of sp³-hybridized carbons (Fsp3) is 0.620. The Balaban J connectivity index is 4.51. The fourth-order valence-corrected chi connectivity index (χ4v) is 5.60. The summed E-state index contributed by atoms with van der Waals surface area (Å²) in [6.07, 6.45) is 56.7. The Labute approximate surface area is 343 Å². The highest BCUT2D eigenvalue weighted by atomic mass is 16.6. The van der Waals surface area contributed by atoms with Gasteiger partial charge in [-0.1, -0.05) is 176 Å². The number of allylic oxidation sites excluding steroid dienone is 16. The maximum atomic E-state index is 12.7. The van der Waals surface area contributed by atoms with Gasteiger partial charge in [0.25, 0.3) is 0 Å². The Morgan fingerprint density at radius 3 is 1.32 bits per heavy atom. The van der Waals surface area contributed by atoms with Gasteiger partial charge in [0.05, 0.1) is 0 Å². The number of carbonyl (C=O) groups excluding carboxylic acids is 3. The van der Waals surface area contributed by atoms with Crippen molar-refractivity contribution in [2.45, 2.75) is 187 Å². The van der Waals surface area contributed by atoms with Crippen LogP contribution in [0.15, 0.2) is 97.2 Å². The van der Waals surface area contributed by atoms with Crippen LogP contribution in [0.1, 0.15) is 181 Å². The highest BCUT2D eigenvalue weighted by Crippen LogP contribution is 2.12. The summed E-state index contributed by atoms with van der Waals surface area (Å²) in [5.41, 5.74) is 0. The third-order valence-corrected chi connectivity index (χ3v) is 8.93. The minimum atomic E-state index is -0.804. The molecule has 1 atom stereocenters. The van der Waals surface area contributed by atoms with E-state index in [0.29, 0.717) is 19.3 Å². The number of rotatable bonds is 38. The van der Waals surface area contributed by atoms with Gasteiger partial charge in [0, 0.05) is 19.3 Å². The molecule has 0 aromatic carbocycles. The summed E-state index contributed by atoms with van der Waals surface area (Å²) >= 11 is 0. The molecule has 0 amide bonds. The second kappa shape index (κ2) is 44.0. The van der Waals surface area contributed by atoms with Crippen LogP contribution in [0.25, 0.3) is 0 Å². The van der Waals surface area contributed by atoms with E-state index in [9.17, 15) is 14.4 Å². The van der Waals surface area contributed by atoms with Crippen molar-refractivity contribution in [2.24, 2.45) is 0 Å². The van der Waals surface area contributed by atoms with Crippen molar-refractivity contribution in [3.63, 3.8) is 0 Å². The topological polar surface area (TPSA) is 78.9 Å². The lowest BCUT2D eigenvalue weighted by atomic mass is 10.1. The van der Waals surface area contributed by atoms with Gasteiger partial charge in [-0.25, -0.2) is 0 Å². The standard InChI is InChI=1S/C50H80O6/c1-4-7-10-13-16-19-22-24-25-26-29-31-34-37-40-43-49(52)55-46-47(45-54-48(51)42-39-36-33-30-27-21-18-15-12-9-6-3)56-50(53)44-41-38-35-32-28-23-20-17-14-11-8-5-2/h7-8,10-11,13,15-20,22,24-26,29,47H,4-6,9,12,14,21,23,27-28,30-46H2,1-3H3/b10-7-,11-8-,16-13-,18-15-,20-17-,22-19-,25-24-,29-26-. The van der Waals surface area contributed by atoms with Gasteiger partial charge in [-0.3, -0.25) is 14.4 Å². The Morgan fingerprint density at radius 1 is 0.393 bits per heavy atom. The first-order valence-electron chi connectivity index (χ1n) is 22.3. The number of unbranched alkanes of at least 4 members (excludes halogenated alkanes) is 15. The lowest BCUT2D eigenvalue weighted by Gasteiger charge is -2.18. The van der Waals surface area contributed by atoms with E-state index >= 15 is 0 Å². The van der Waals surface area contributed by atoms with Crippen LogP contribution in [0.4, 0.5) is 0 Å². The zero-order chi connectivity index (χ0) is 40.8. The van der Waals surface area contributed by atoms with Gasteiger partial charge in [0.1, 0.15) is 13.2 Å². The van der Waals surface area contributed by atoms with Gasteiger partial charge in [-0.05, 0) is 83.5 Å². The average molecular weight is 777 g/mol. The van der Waals surface area contributed by atoms with E-state index in [1.807, 2.05) is 48.6 Å². The normalized spacial score (nSPS) is 13.0. The molecule has 0 aliphatic carbocycles. The van der Waals surface area contributed by atoms with Crippen LogP contribution in [0.2, 0.25) is 0 Å². The highest BCUT2D eigenvalue weighted by molar-refractivity contribution is 5.71. The number of hydrogen-bond acceptors (Lipinski definition) is 6. The number of esters is 3. The van der Waals surface area contributed by atoms with Gasteiger partial charge in [-0.2, -0.15) is 0 Å². The minimum Gasteiger partial charge on any atom is -0.462 e. The molecule has 6 heteroatoms. The zero-order valence-corrected chi connectivity index (χ0v) is 35.9. The second-order valence-electron chi connectivity index (χ2n) is 14.3. The first-order valence-corrected chi connectivity index (χ1v) is 22.3. The molecular formula is C50H80O6. The molecule has 0 rings (SSSR count). The quantitative estimate of drug-likeness (QED) is 0.0204. The van der Waals surface area contributed by atoms with E-state index in [0.717, 1.165) is 116 Å². The summed E-state index contributed by atoms with van der Waals surface area (Å²) in [7, 11) is 0. The lowest BCUT2D eigenvalue weighted by Crippen LogP contribution is -2.30. The minimum absolute atomic E-state index is 0.104. The largest absolute Gasteiger partial charge is 0.462 e. The average Bonchev–Trinajstić information content (AvgIpc) is 3.19. The first-order chi connectivity index (χ1) is 27.5. The molecule has 1 unspecified atom stereocenters. The van der Waals surface area contributed by atoms with Crippen LogP contribution in [0.3, 0.4) is 0 Å². The van der Waals surface area contributed by atoms with Crippen LogP contribution in [0.5, 0.6) is 0 Å². The molecule has 0 aromatic heterocycles. The maximum Gasteiger partial charge on any atom is 0.306 e. The Kier molecular flexibility index (Phi) is 41.2. The molecule has 0 radical (unpaired) electrons. The summed E-state index contributed by atoms with van der Waals surface area (Å²) in [6, 6.07) is 0. The van der Waals surface area contributed by atoms with E-state index in [2.05, 4.69) is 69.4 Å². The number of hydrogen-bond donors (Lipinski definition) is 0. The number of ether oxygens (including phenoxy) is 3. The third kappa shape index (κ3) is 41.5. The molecule has 0 aromatic rings. The van der Waals surface area contributed by atoms with Crippen molar-refractivity contribution >= 4 is 17.9 Å². The Bertz CT molecular complexity index is 1170. The number of carbonyl (C=O) groups is 3. The monoisotopic (exact) mass is 777 g/mol. The van der Waals surface area contributed by atoms with Crippen molar-refractivity contribution in [3.8, 4) is 0 Å². The van der Waals surface area contributed by atoms with E-state index in [4.69, 9.17) is 14.2 Å². The predicted octanol–water partition coefficient (Wildman–Crippen LogP) is 14.2. The van der Waals surface area contributed by atoms with Crippen LogP contribution in [-0.2, 0) is 28.6 Å². The molecule has 0 N–H and O–H groups in total. The SMILES string of the molecule is CC\C=C/C=C\C=C/C=C\C=C/CCCCCC(=O)OCC(COC(=O)CCCCCCC/C=C\CCCC)OC(=O)CCCCCCC/C=C\C/C=C\CC. The second-order valence-corrected chi connectivity index (χ2v) is 14.3.